The summed E-state index contributed by atoms with van der Waals surface area (Å²) in [7, 11) is 0. The molecule has 11 heteroatoms. The number of nitrogens with one attached hydrogen (secondary N) is 2. The highest BCUT2D eigenvalue weighted by molar-refractivity contribution is 7.98. The molecule has 1 rings (SSSR count). The van der Waals surface area contributed by atoms with Crippen molar-refractivity contribution < 1.29 is 33.8 Å². The fraction of sp³-hybridized carbons (Fsp3) is 0.630. The molecule has 0 saturated heterocycles. The van der Waals surface area contributed by atoms with Crippen molar-refractivity contribution in [3.63, 3.8) is 0 Å². The fourth-order valence-corrected chi connectivity index (χ4v) is 4.14. The molecule has 3 atom stereocenters. The van der Waals surface area contributed by atoms with Crippen LogP contribution in [0.3, 0.4) is 0 Å². The third-order valence-electron chi connectivity index (χ3n) is 5.61. The van der Waals surface area contributed by atoms with Gasteiger partial charge in [0.2, 0.25) is 11.8 Å². The first-order chi connectivity index (χ1) is 17.9. The molecule has 38 heavy (non-hydrogen) atoms. The Morgan fingerprint density at radius 1 is 1.13 bits per heavy atom. The zero-order valence-corrected chi connectivity index (χ0v) is 24.4. The fourth-order valence-electron chi connectivity index (χ4n) is 3.67. The first-order valence-corrected chi connectivity index (χ1v) is 14.3. The number of phenols is 1. The Hall–Kier alpha value is -2.95. The topological polar surface area (TPSA) is 134 Å². The van der Waals surface area contributed by atoms with Crippen molar-refractivity contribution >= 4 is 35.6 Å². The number of thioether (sulfide) groups is 1. The van der Waals surface area contributed by atoms with E-state index in [1.165, 1.54) is 22.7 Å². The lowest BCUT2D eigenvalue weighted by atomic mass is 9.98. The maximum Gasteiger partial charge on any atom is 0.408 e. The molecule has 0 spiro atoms. The van der Waals surface area contributed by atoms with Crippen molar-refractivity contribution in [3.8, 4) is 5.75 Å². The van der Waals surface area contributed by atoms with Gasteiger partial charge in [0.25, 0.3) is 0 Å². The number of carbonyl (C=O) groups excluding carboxylic acids is 4. The number of rotatable bonds is 14. The SMILES string of the molecule is CCOC(=O)CCNC(=O)C(c1ccccc1O)N(C(=O)C(CCSC)NC(=O)OC(C)(C)C)C(C)CC. The molecule has 0 aliphatic rings. The molecular weight excluding hydrogens is 510 g/mol. The quantitative estimate of drug-likeness (QED) is 0.296. The molecule has 3 N–H and O–H groups in total. The monoisotopic (exact) mass is 553 g/mol. The number of para-hydroxylation sites is 1. The van der Waals surface area contributed by atoms with Crippen LogP contribution in [0.5, 0.6) is 5.75 Å². The van der Waals surface area contributed by atoms with E-state index in [0.717, 1.165) is 0 Å². The zero-order valence-electron chi connectivity index (χ0n) is 23.5. The van der Waals surface area contributed by atoms with Crippen LogP contribution in [0.2, 0.25) is 0 Å². The molecule has 214 valence electrons. The Morgan fingerprint density at radius 2 is 1.79 bits per heavy atom. The Morgan fingerprint density at radius 3 is 2.34 bits per heavy atom. The number of aromatic hydroxyl groups is 1. The van der Waals surface area contributed by atoms with Gasteiger partial charge < -0.3 is 30.1 Å². The van der Waals surface area contributed by atoms with Crippen LogP contribution in [0, 0.1) is 0 Å². The molecule has 3 unspecified atom stereocenters. The van der Waals surface area contributed by atoms with Gasteiger partial charge in [0.15, 0.2) is 0 Å². The summed E-state index contributed by atoms with van der Waals surface area (Å²) in [6, 6.07) is 3.70. The van der Waals surface area contributed by atoms with Gasteiger partial charge in [0.05, 0.1) is 13.0 Å². The number of benzene rings is 1. The van der Waals surface area contributed by atoms with Gasteiger partial charge in [-0.05, 0) is 65.5 Å². The van der Waals surface area contributed by atoms with E-state index in [-0.39, 0.29) is 30.9 Å². The summed E-state index contributed by atoms with van der Waals surface area (Å²) in [4.78, 5) is 53.4. The summed E-state index contributed by atoms with van der Waals surface area (Å²) in [5.74, 6) is -1.08. The lowest BCUT2D eigenvalue weighted by Gasteiger charge is -2.38. The normalized spacial score (nSPS) is 13.6. The maximum atomic E-state index is 14.1. The predicted molar refractivity (Wildman–Crippen MR) is 148 cm³/mol. The molecule has 0 aliphatic carbocycles. The molecule has 0 aliphatic heterocycles. The van der Waals surface area contributed by atoms with Crippen LogP contribution >= 0.6 is 11.8 Å². The van der Waals surface area contributed by atoms with Crippen molar-refractivity contribution in [2.45, 2.75) is 84.5 Å². The zero-order chi connectivity index (χ0) is 28.9. The number of amides is 3. The van der Waals surface area contributed by atoms with E-state index >= 15 is 0 Å². The van der Waals surface area contributed by atoms with E-state index in [9.17, 15) is 24.3 Å². The van der Waals surface area contributed by atoms with Gasteiger partial charge in [0, 0.05) is 18.2 Å². The average molecular weight is 554 g/mol. The molecule has 0 heterocycles. The molecule has 10 nitrogen and oxygen atoms in total. The number of esters is 1. The van der Waals surface area contributed by atoms with Gasteiger partial charge in [-0.3, -0.25) is 14.4 Å². The molecule has 1 aromatic rings. The first kappa shape index (κ1) is 33.1. The molecule has 3 amide bonds. The third kappa shape index (κ3) is 10.8. The highest BCUT2D eigenvalue weighted by Gasteiger charge is 2.39. The summed E-state index contributed by atoms with van der Waals surface area (Å²) in [5.41, 5.74) is -0.527. The second-order valence-electron chi connectivity index (χ2n) is 9.79. The number of alkyl carbamates (subject to hydrolysis) is 1. The molecule has 0 fully saturated rings. The first-order valence-electron chi connectivity index (χ1n) is 12.9. The van der Waals surface area contributed by atoms with Crippen LogP contribution < -0.4 is 10.6 Å². The number of phenolic OH excluding ortho intramolecular Hbond substituents is 1. The summed E-state index contributed by atoms with van der Waals surface area (Å²) in [6.45, 7) is 10.8. The van der Waals surface area contributed by atoms with Crippen molar-refractivity contribution in [2.24, 2.45) is 0 Å². The van der Waals surface area contributed by atoms with E-state index in [2.05, 4.69) is 10.6 Å². The largest absolute Gasteiger partial charge is 0.508 e. The van der Waals surface area contributed by atoms with E-state index in [1.807, 2.05) is 13.2 Å². The van der Waals surface area contributed by atoms with Gasteiger partial charge in [-0.2, -0.15) is 11.8 Å². The van der Waals surface area contributed by atoms with Gasteiger partial charge in [-0.1, -0.05) is 25.1 Å². The Labute approximate surface area is 230 Å². The Kier molecular flexibility index (Phi) is 14.0. The highest BCUT2D eigenvalue weighted by Crippen LogP contribution is 2.32. The summed E-state index contributed by atoms with van der Waals surface area (Å²) >= 11 is 1.52. The van der Waals surface area contributed by atoms with Crippen molar-refractivity contribution in [1.82, 2.24) is 15.5 Å². The van der Waals surface area contributed by atoms with Crippen LogP contribution in [0.15, 0.2) is 24.3 Å². The van der Waals surface area contributed by atoms with E-state index < -0.39 is 47.6 Å². The van der Waals surface area contributed by atoms with Crippen molar-refractivity contribution in [3.05, 3.63) is 29.8 Å². The summed E-state index contributed by atoms with van der Waals surface area (Å²) in [5, 5.41) is 16.1. The number of ether oxygens (including phenoxy) is 2. The molecule has 1 aromatic carbocycles. The molecule has 0 aromatic heterocycles. The standard InChI is InChI=1S/C27H43N3O7S/c1-8-18(3)30(25(34)20(15-17-38-7)29-26(35)37-27(4,5)6)23(19-12-10-11-13-21(19)31)24(33)28-16-14-22(32)36-9-2/h10-13,18,20,23,31H,8-9,14-17H2,1-7H3,(H,28,33)(H,29,35). The van der Waals surface area contributed by atoms with E-state index in [1.54, 1.807) is 52.8 Å². The van der Waals surface area contributed by atoms with Crippen LogP contribution in [0.25, 0.3) is 0 Å². The molecule has 0 saturated carbocycles. The second-order valence-corrected chi connectivity index (χ2v) is 10.8. The van der Waals surface area contributed by atoms with E-state index in [0.29, 0.717) is 18.6 Å². The van der Waals surface area contributed by atoms with Crippen molar-refractivity contribution in [1.29, 1.82) is 0 Å². The minimum absolute atomic E-state index is 0.00361. The highest BCUT2D eigenvalue weighted by atomic mass is 32.2. The summed E-state index contributed by atoms with van der Waals surface area (Å²) in [6.07, 6.45) is 1.93. The average Bonchev–Trinajstić information content (AvgIpc) is 2.83. The number of nitrogens with zero attached hydrogens (tertiary/aromatic N) is 1. The van der Waals surface area contributed by atoms with Gasteiger partial charge in [-0.25, -0.2) is 4.79 Å². The Bertz CT molecular complexity index is 935. The molecule has 0 radical (unpaired) electrons. The van der Waals surface area contributed by atoms with Crippen LogP contribution in [-0.4, -0.2) is 76.7 Å². The van der Waals surface area contributed by atoms with Gasteiger partial charge in [0.1, 0.15) is 23.4 Å². The predicted octanol–water partition coefficient (Wildman–Crippen LogP) is 3.78. The van der Waals surface area contributed by atoms with Gasteiger partial charge in [-0.15, -0.1) is 0 Å². The van der Waals surface area contributed by atoms with E-state index in [4.69, 9.17) is 9.47 Å². The van der Waals surface area contributed by atoms with Crippen molar-refractivity contribution in [2.75, 3.05) is 25.2 Å². The minimum Gasteiger partial charge on any atom is -0.508 e. The number of hydrogen-bond acceptors (Lipinski definition) is 8. The third-order valence-corrected chi connectivity index (χ3v) is 6.26. The smallest absolute Gasteiger partial charge is 0.408 e. The van der Waals surface area contributed by atoms with Crippen LogP contribution in [-0.2, 0) is 23.9 Å². The minimum atomic E-state index is -1.21. The van der Waals surface area contributed by atoms with Crippen LogP contribution in [0.4, 0.5) is 4.79 Å². The Balaban J connectivity index is 3.43. The lowest BCUT2D eigenvalue weighted by molar-refractivity contribution is -0.146. The maximum absolute atomic E-state index is 14.1. The molecular formula is C27H43N3O7S. The van der Waals surface area contributed by atoms with Crippen LogP contribution in [0.1, 0.15) is 72.4 Å². The summed E-state index contributed by atoms with van der Waals surface area (Å²) < 4.78 is 10.3. The van der Waals surface area contributed by atoms with Gasteiger partial charge >= 0.3 is 12.1 Å². The number of carbonyl (C=O) groups is 4. The number of hydrogen-bond donors (Lipinski definition) is 3. The second kappa shape index (κ2) is 16.1. The molecule has 0 bridgehead atoms. The lowest BCUT2D eigenvalue weighted by Crippen LogP contribution is -2.55.